The molecule has 5 nitrogen and oxygen atoms in total. The Kier molecular flexibility index (Phi) is 5.01. The van der Waals surface area contributed by atoms with Crippen LogP contribution in [0, 0.1) is 0 Å². The Morgan fingerprint density at radius 3 is 2.93 bits per heavy atom. The van der Waals surface area contributed by atoms with Crippen molar-refractivity contribution in [2.24, 2.45) is 0 Å². The quantitative estimate of drug-likeness (QED) is 0.615. The molecule has 1 saturated heterocycles. The Bertz CT molecular complexity index is 210. The lowest BCUT2D eigenvalue weighted by molar-refractivity contribution is -0.161. The minimum Gasteiger partial charge on any atom is -0.467 e. The highest BCUT2D eigenvalue weighted by Crippen LogP contribution is 2.10. The SMILES string of the molecule is COCC(C)N1CCOC(C(=O)OC)C1. The zero-order chi connectivity index (χ0) is 11.3. The Morgan fingerprint density at radius 2 is 2.33 bits per heavy atom. The highest BCUT2D eigenvalue weighted by molar-refractivity contribution is 5.74. The Hall–Kier alpha value is -0.650. The lowest BCUT2D eigenvalue weighted by Crippen LogP contribution is -2.50. The van der Waals surface area contributed by atoms with Crippen molar-refractivity contribution < 1.29 is 19.0 Å². The van der Waals surface area contributed by atoms with Crippen LogP contribution in [-0.4, -0.2) is 63.5 Å². The molecule has 15 heavy (non-hydrogen) atoms. The molecule has 1 aliphatic rings. The summed E-state index contributed by atoms with van der Waals surface area (Å²) in [4.78, 5) is 13.5. The first-order valence-electron chi connectivity index (χ1n) is 5.11. The van der Waals surface area contributed by atoms with Crippen LogP contribution in [-0.2, 0) is 19.0 Å². The molecule has 0 amide bonds. The minimum absolute atomic E-state index is 0.297. The monoisotopic (exact) mass is 217 g/mol. The van der Waals surface area contributed by atoms with Gasteiger partial charge in [-0.15, -0.1) is 0 Å². The van der Waals surface area contributed by atoms with Gasteiger partial charge in [0.05, 0.1) is 20.3 Å². The molecular weight excluding hydrogens is 198 g/mol. The van der Waals surface area contributed by atoms with Gasteiger partial charge in [-0.2, -0.15) is 0 Å². The maximum atomic E-state index is 11.3. The van der Waals surface area contributed by atoms with Gasteiger partial charge in [0.15, 0.2) is 6.10 Å². The van der Waals surface area contributed by atoms with E-state index < -0.39 is 6.10 Å². The Labute approximate surface area is 90.3 Å². The summed E-state index contributed by atoms with van der Waals surface area (Å²) in [6, 6.07) is 0.297. The van der Waals surface area contributed by atoms with Gasteiger partial charge in [0.1, 0.15) is 0 Å². The van der Waals surface area contributed by atoms with Crippen molar-refractivity contribution in [3.63, 3.8) is 0 Å². The van der Waals surface area contributed by atoms with E-state index in [4.69, 9.17) is 9.47 Å². The first-order valence-corrected chi connectivity index (χ1v) is 5.11. The van der Waals surface area contributed by atoms with Crippen LogP contribution in [0.25, 0.3) is 0 Å². The van der Waals surface area contributed by atoms with Crippen LogP contribution < -0.4 is 0 Å². The van der Waals surface area contributed by atoms with Gasteiger partial charge in [-0.3, -0.25) is 4.90 Å². The van der Waals surface area contributed by atoms with Crippen molar-refractivity contribution in [3.05, 3.63) is 0 Å². The van der Waals surface area contributed by atoms with Gasteiger partial charge < -0.3 is 14.2 Å². The van der Waals surface area contributed by atoms with E-state index in [-0.39, 0.29) is 5.97 Å². The molecule has 0 aliphatic carbocycles. The summed E-state index contributed by atoms with van der Waals surface area (Å²) in [5.74, 6) is -0.302. The van der Waals surface area contributed by atoms with Crippen LogP contribution in [0.2, 0.25) is 0 Å². The van der Waals surface area contributed by atoms with Crippen LogP contribution in [0.4, 0.5) is 0 Å². The van der Waals surface area contributed by atoms with E-state index >= 15 is 0 Å². The molecule has 5 heteroatoms. The van der Waals surface area contributed by atoms with Crippen LogP contribution in [0.5, 0.6) is 0 Å². The van der Waals surface area contributed by atoms with Crippen LogP contribution >= 0.6 is 0 Å². The molecule has 2 unspecified atom stereocenters. The van der Waals surface area contributed by atoms with Crippen LogP contribution in [0.1, 0.15) is 6.92 Å². The van der Waals surface area contributed by atoms with Crippen molar-refractivity contribution >= 4 is 5.97 Å². The molecule has 0 aromatic heterocycles. The van der Waals surface area contributed by atoms with E-state index in [1.165, 1.54) is 7.11 Å². The molecule has 0 aromatic carbocycles. The highest BCUT2D eigenvalue weighted by atomic mass is 16.6. The van der Waals surface area contributed by atoms with E-state index in [0.717, 1.165) is 6.54 Å². The summed E-state index contributed by atoms with van der Waals surface area (Å²) in [6.45, 7) is 4.71. The third-order valence-electron chi connectivity index (χ3n) is 2.59. The topological polar surface area (TPSA) is 48.0 Å². The number of rotatable bonds is 4. The molecule has 0 saturated carbocycles. The third-order valence-corrected chi connectivity index (χ3v) is 2.59. The minimum atomic E-state index is -0.456. The largest absolute Gasteiger partial charge is 0.467 e. The summed E-state index contributed by atoms with van der Waals surface area (Å²) in [5, 5.41) is 0. The number of esters is 1. The second-order valence-electron chi connectivity index (χ2n) is 3.68. The van der Waals surface area contributed by atoms with Crippen LogP contribution in [0.3, 0.4) is 0 Å². The first-order chi connectivity index (χ1) is 7.19. The number of methoxy groups -OCH3 is 2. The van der Waals surface area contributed by atoms with Crippen molar-refractivity contribution in [1.82, 2.24) is 4.90 Å². The third kappa shape index (κ3) is 3.44. The second kappa shape index (κ2) is 6.05. The summed E-state index contributed by atoms with van der Waals surface area (Å²) in [7, 11) is 3.05. The number of hydrogen-bond acceptors (Lipinski definition) is 5. The van der Waals surface area contributed by atoms with E-state index in [1.54, 1.807) is 7.11 Å². The van der Waals surface area contributed by atoms with Crippen LogP contribution in [0.15, 0.2) is 0 Å². The van der Waals surface area contributed by atoms with Crippen molar-refractivity contribution in [1.29, 1.82) is 0 Å². The fourth-order valence-corrected chi connectivity index (χ4v) is 1.69. The number of morpholine rings is 1. The lowest BCUT2D eigenvalue weighted by atomic mass is 10.2. The fraction of sp³-hybridized carbons (Fsp3) is 0.900. The van der Waals surface area contributed by atoms with Gasteiger partial charge in [0.25, 0.3) is 0 Å². The molecular formula is C10H19NO4. The molecule has 1 fully saturated rings. The lowest BCUT2D eigenvalue weighted by Gasteiger charge is -2.35. The fourth-order valence-electron chi connectivity index (χ4n) is 1.69. The van der Waals surface area contributed by atoms with Gasteiger partial charge >= 0.3 is 5.97 Å². The van der Waals surface area contributed by atoms with E-state index in [2.05, 4.69) is 16.6 Å². The number of ether oxygens (including phenoxy) is 3. The molecule has 0 spiro atoms. The van der Waals surface area contributed by atoms with Gasteiger partial charge in [-0.1, -0.05) is 0 Å². The standard InChI is InChI=1S/C10H19NO4/c1-8(7-13-2)11-4-5-15-9(6-11)10(12)14-3/h8-9H,4-7H2,1-3H3. The predicted octanol–water partition coefficient (Wildman–Crippen LogP) is -0.105. The molecule has 88 valence electrons. The highest BCUT2D eigenvalue weighted by Gasteiger charge is 2.29. The molecule has 1 heterocycles. The molecule has 0 N–H and O–H groups in total. The van der Waals surface area contributed by atoms with Crippen molar-refractivity contribution in [3.8, 4) is 0 Å². The summed E-state index contributed by atoms with van der Waals surface area (Å²) in [6.07, 6.45) is -0.456. The molecule has 0 aromatic rings. The molecule has 0 bridgehead atoms. The summed E-state index contributed by atoms with van der Waals surface area (Å²) >= 11 is 0. The number of carbonyl (C=O) groups is 1. The Morgan fingerprint density at radius 1 is 1.60 bits per heavy atom. The second-order valence-corrected chi connectivity index (χ2v) is 3.68. The molecule has 1 aliphatic heterocycles. The van der Waals surface area contributed by atoms with E-state index in [1.807, 2.05) is 0 Å². The molecule has 2 atom stereocenters. The molecule has 0 radical (unpaired) electrons. The van der Waals surface area contributed by atoms with Gasteiger partial charge in [0.2, 0.25) is 0 Å². The zero-order valence-electron chi connectivity index (χ0n) is 9.56. The summed E-state index contributed by atoms with van der Waals surface area (Å²) < 4.78 is 15.1. The maximum absolute atomic E-state index is 11.3. The van der Waals surface area contributed by atoms with Gasteiger partial charge in [0, 0.05) is 26.2 Å². The first kappa shape index (κ1) is 12.4. The van der Waals surface area contributed by atoms with E-state index in [9.17, 15) is 4.79 Å². The Balaban J connectivity index is 2.44. The van der Waals surface area contributed by atoms with Gasteiger partial charge in [-0.05, 0) is 6.92 Å². The smallest absolute Gasteiger partial charge is 0.336 e. The zero-order valence-corrected chi connectivity index (χ0v) is 9.56. The predicted molar refractivity (Wildman–Crippen MR) is 54.7 cm³/mol. The number of carbonyl (C=O) groups excluding carboxylic acids is 1. The van der Waals surface area contributed by atoms with E-state index in [0.29, 0.717) is 25.8 Å². The summed E-state index contributed by atoms with van der Waals surface area (Å²) in [5.41, 5.74) is 0. The number of nitrogens with zero attached hydrogens (tertiary/aromatic N) is 1. The number of hydrogen-bond donors (Lipinski definition) is 0. The van der Waals surface area contributed by atoms with Crippen molar-refractivity contribution in [2.45, 2.75) is 19.1 Å². The van der Waals surface area contributed by atoms with Gasteiger partial charge in [-0.25, -0.2) is 4.79 Å². The normalized spacial score (nSPS) is 24.9. The average molecular weight is 217 g/mol. The maximum Gasteiger partial charge on any atom is 0.336 e. The average Bonchev–Trinajstić information content (AvgIpc) is 2.28. The molecule has 1 rings (SSSR count). The van der Waals surface area contributed by atoms with Crippen molar-refractivity contribution in [2.75, 3.05) is 40.5 Å².